The van der Waals surface area contributed by atoms with Crippen LogP contribution in [0.5, 0.6) is 0 Å². The van der Waals surface area contributed by atoms with E-state index in [9.17, 15) is 19.7 Å². The average Bonchev–Trinajstić information content (AvgIpc) is 2.62. The second-order valence-corrected chi connectivity index (χ2v) is 5.57. The molecule has 0 saturated carbocycles. The van der Waals surface area contributed by atoms with E-state index in [0.717, 1.165) is 5.39 Å². The molecule has 3 aromatic rings. The Labute approximate surface area is 143 Å². The third kappa shape index (κ3) is 3.58. The van der Waals surface area contributed by atoms with E-state index in [1.165, 1.54) is 6.07 Å². The maximum absolute atomic E-state index is 12.6. The summed E-state index contributed by atoms with van der Waals surface area (Å²) in [5.41, 5.74) is 1.36. The second kappa shape index (κ2) is 7.00. The highest BCUT2D eigenvalue weighted by Gasteiger charge is 2.27. The number of carbonyl (C=O) groups is 2. The summed E-state index contributed by atoms with van der Waals surface area (Å²) < 4.78 is 1.55. The number of rotatable bonds is 6. The van der Waals surface area contributed by atoms with Crippen molar-refractivity contribution in [3.8, 4) is 0 Å². The predicted molar refractivity (Wildman–Crippen MR) is 91.1 cm³/mol. The molecule has 0 amide bonds. The number of nitro groups is 1. The quantitative estimate of drug-likeness (QED) is 0.300. The van der Waals surface area contributed by atoms with E-state index in [4.69, 9.17) is 0 Å². The Morgan fingerprint density at radius 1 is 0.880 bits per heavy atom. The van der Waals surface area contributed by atoms with E-state index in [1.54, 1.807) is 47.0 Å². The molecule has 6 heteroatoms. The van der Waals surface area contributed by atoms with Crippen LogP contribution in [0.25, 0.3) is 10.9 Å². The highest BCUT2D eigenvalue weighted by atomic mass is 16.6. The lowest BCUT2D eigenvalue weighted by molar-refractivity contribution is -0.659. The van der Waals surface area contributed by atoms with Crippen molar-refractivity contribution < 1.29 is 19.1 Å². The molecule has 0 aliphatic rings. The minimum Gasteiger partial charge on any atom is -0.287 e. The van der Waals surface area contributed by atoms with Gasteiger partial charge in [-0.3, -0.25) is 19.7 Å². The standard InChI is InChI=1S/C19H15N2O4/c22-18(15-7-2-1-3-8-15)12-20-16-9-5-4-6-14(16)10-11-17(20)19(23)13-21(24)25/h1-11H,12-13H2/q+1. The van der Waals surface area contributed by atoms with Gasteiger partial charge in [0.25, 0.3) is 18.0 Å². The summed E-state index contributed by atoms with van der Waals surface area (Å²) in [5.74, 6) is -0.797. The van der Waals surface area contributed by atoms with Crippen LogP contribution in [0.2, 0.25) is 0 Å². The molecule has 0 saturated heterocycles. The van der Waals surface area contributed by atoms with Crippen molar-refractivity contribution in [3.63, 3.8) is 0 Å². The minimum atomic E-state index is -0.808. The van der Waals surface area contributed by atoms with Crippen LogP contribution >= 0.6 is 0 Å². The molecule has 0 aliphatic heterocycles. The number of benzene rings is 2. The zero-order valence-electron chi connectivity index (χ0n) is 13.3. The van der Waals surface area contributed by atoms with Crippen LogP contribution in [0.15, 0.2) is 66.7 Å². The number of ketones is 2. The van der Waals surface area contributed by atoms with Crippen molar-refractivity contribution in [1.82, 2.24) is 0 Å². The van der Waals surface area contributed by atoms with Crippen LogP contribution in [0.4, 0.5) is 0 Å². The first-order valence-electron chi connectivity index (χ1n) is 7.71. The van der Waals surface area contributed by atoms with Gasteiger partial charge in [0.05, 0.1) is 0 Å². The summed E-state index contributed by atoms with van der Waals surface area (Å²) in [6.07, 6.45) is 0. The summed E-state index contributed by atoms with van der Waals surface area (Å²) in [6.45, 7) is -0.873. The summed E-state index contributed by atoms with van der Waals surface area (Å²) in [5, 5.41) is 11.6. The van der Waals surface area contributed by atoms with Gasteiger partial charge in [-0.2, -0.15) is 4.57 Å². The maximum atomic E-state index is 12.6. The van der Waals surface area contributed by atoms with E-state index in [1.807, 2.05) is 18.2 Å². The van der Waals surface area contributed by atoms with E-state index in [0.29, 0.717) is 11.1 Å². The lowest BCUT2D eigenvalue weighted by atomic mass is 10.1. The number of nitrogens with zero attached hydrogens (tertiary/aromatic N) is 2. The van der Waals surface area contributed by atoms with Gasteiger partial charge in [-0.1, -0.05) is 42.5 Å². The lowest BCUT2D eigenvalue weighted by Crippen LogP contribution is -2.45. The molecule has 0 spiro atoms. The van der Waals surface area contributed by atoms with Gasteiger partial charge < -0.3 is 0 Å². The van der Waals surface area contributed by atoms with E-state index >= 15 is 0 Å². The second-order valence-electron chi connectivity index (χ2n) is 5.57. The molecule has 25 heavy (non-hydrogen) atoms. The van der Waals surface area contributed by atoms with Crippen LogP contribution in [-0.2, 0) is 6.54 Å². The van der Waals surface area contributed by atoms with Crippen molar-refractivity contribution >= 4 is 22.5 Å². The third-order valence-electron chi connectivity index (χ3n) is 3.89. The highest BCUT2D eigenvalue weighted by molar-refractivity contribution is 5.97. The Bertz CT molecular complexity index is 968. The normalized spacial score (nSPS) is 10.6. The molecule has 0 bridgehead atoms. The Balaban J connectivity index is 2.08. The molecule has 6 nitrogen and oxygen atoms in total. The van der Waals surface area contributed by atoms with Crippen molar-refractivity contribution in [2.75, 3.05) is 6.54 Å². The summed E-state index contributed by atoms with van der Waals surface area (Å²) in [7, 11) is 0. The van der Waals surface area contributed by atoms with Gasteiger partial charge in [-0.25, -0.2) is 0 Å². The van der Waals surface area contributed by atoms with Crippen molar-refractivity contribution in [1.29, 1.82) is 0 Å². The summed E-state index contributed by atoms with van der Waals surface area (Å²) in [4.78, 5) is 34.9. The predicted octanol–water partition coefficient (Wildman–Crippen LogP) is 2.47. The van der Waals surface area contributed by atoms with Crippen LogP contribution < -0.4 is 4.57 Å². The fourth-order valence-corrected chi connectivity index (χ4v) is 2.73. The lowest BCUT2D eigenvalue weighted by Gasteiger charge is -2.05. The topological polar surface area (TPSA) is 81.2 Å². The van der Waals surface area contributed by atoms with Gasteiger partial charge in [-0.05, 0) is 12.1 Å². The smallest absolute Gasteiger partial charge is 0.287 e. The Hall–Kier alpha value is -3.41. The molecule has 0 atom stereocenters. The number of Topliss-reactive ketones (excluding diaryl/α,β-unsaturated/α-hetero) is 2. The summed E-state index contributed by atoms with van der Waals surface area (Å²) in [6, 6.07) is 19.3. The van der Waals surface area contributed by atoms with Gasteiger partial charge in [0.2, 0.25) is 17.8 Å². The van der Waals surface area contributed by atoms with Crippen molar-refractivity contribution in [3.05, 3.63) is 88.1 Å². The summed E-state index contributed by atoms with van der Waals surface area (Å²) >= 11 is 0. The van der Waals surface area contributed by atoms with Gasteiger partial charge in [-0.15, -0.1) is 0 Å². The molecule has 1 aromatic heterocycles. The number of pyridine rings is 1. The molecular formula is C19H15N2O4+. The number of hydrogen-bond donors (Lipinski definition) is 0. The highest BCUT2D eigenvalue weighted by Crippen LogP contribution is 2.12. The Morgan fingerprint density at radius 3 is 2.28 bits per heavy atom. The molecule has 0 aliphatic carbocycles. The third-order valence-corrected chi connectivity index (χ3v) is 3.89. The zero-order chi connectivity index (χ0) is 17.8. The maximum Gasteiger partial charge on any atom is 0.296 e. The molecule has 0 fully saturated rings. The number of fused-ring (bicyclic) bond motifs is 1. The van der Waals surface area contributed by atoms with Gasteiger partial charge in [0.15, 0.2) is 0 Å². The number of carbonyl (C=O) groups excluding carboxylic acids is 2. The SMILES string of the molecule is O=C(C[n+]1c(C(=O)C[N+](=O)[O-])ccc2ccccc21)c1ccccc1. The average molecular weight is 335 g/mol. The minimum absolute atomic E-state index is 0.0653. The van der Waals surface area contributed by atoms with Gasteiger partial charge in [0, 0.05) is 28.0 Å². The molecule has 0 unspecified atom stereocenters. The van der Waals surface area contributed by atoms with Crippen LogP contribution in [-0.4, -0.2) is 23.0 Å². The largest absolute Gasteiger partial charge is 0.296 e. The monoisotopic (exact) mass is 335 g/mol. The molecule has 0 N–H and O–H groups in total. The van der Waals surface area contributed by atoms with Crippen LogP contribution in [0, 0.1) is 10.1 Å². The first kappa shape index (κ1) is 16.4. The Morgan fingerprint density at radius 2 is 1.56 bits per heavy atom. The fraction of sp³-hybridized carbons (Fsp3) is 0.105. The van der Waals surface area contributed by atoms with Gasteiger partial charge >= 0.3 is 0 Å². The number of para-hydroxylation sites is 1. The van der Waals surface area contributed by atoms with E-state index in [2.05, 4.69) is 0 Å². The molecule has 124 valence electrons. The van der Waals surface area contributed by atoms with E-state index < -0.39 is 17.3 Å². The molecular weight excluding hydrogens is 320 g/mol. The van der Waals surface area contributed by atoms with Crippen LogP contribution in [0.3, 0.4) is 0 Å². The number of aromatic nitrogens is 1. The molecule has 3 rings (SSSR count). The van der Waals surface area contributed by atoms with Crippen molar-refractivity contribution in [2.24, 2.45) is 0 Å². The first-order chi connectivity index (χ1) is 12.1. The zero-order valence-corrected chi connectivity index (χ0v) is 13.3. The van der Waals surface area contributed by atoms with Crippen molar-refractivity contribution in [2.45, 2.75) is 6.54 Å². The van der Waals surface area contributed by atoms with E-state index in [-0.39, 0.29) is 18.0 Å². The molecule has 2 aromatic carbocycles. The fourth-order valence-electron chi connectivity index (χ4n) is 2.73. The van der Waals surface area contributed by atoms with Gasteiger partial charge in [0.1, 0.15) is 0 Å². The number of hydrogen-bond acceptors (Lipinski definition) is 4. The molecule has 0 radical (unpaired) electrons. The Kier molecular flexibility index (Phi) is 4.61. The van der Waals surface area contributed by atoms with Crippen LogP contribution in [0.1, 0.15) is 20.8 Å². The molecule has 1 heterocycles. The first-order valence-corrected chi connectivity index (χ1v) is 7.71.